The van der Waals surface area contributed by atoms with Crippen molar-refractivity contribution >= 4 is 0 Å². The van der Waals surface area contributed by atoms with Crippen molar-refractivity contribution in [1.82, 2.24) is 10.2 Å². The smallest absolute Gasteiger partial charge is 0.0506 e. The van der Waals surface area contributed by atoms with E-state index in [4.69, 9.17) is 4.74 Å². The second kappa shape index (κ2) is 8.90. The summed E-state index contributed by atoms with van der Waals surface area (Å²) in [4.78, 5) is 2.43. The molecule has 1 unspecified atom stereocenters. The molecular weight excluding hydrogens is 212 g/mol. The van der Waals surface area contributed by atoms with Crippen LogP contribution in [0.5, 0.6) is 0 Å². The van der Waals surface area contributed by atoms with Crippen molar-refractivity contribution in [2.45, 2.75) is 33.1 Å². The Morgan fingerprint density at radius 1 is 1.35 bits per heavy atom. The van der Waals surface area contributed by atoms with Gasteiger partial charge in [0.15, 0.2) is 0 Å². The molecule has 0 aromatic rings. The predicted molar refractivity (Wildman–Crippen MR) is 73.4 cm³/mol. The minimum absolute atomic E-state index is 0.754. The highest BCUT2D eigenvalue weighted by atomic mass is 16.5. The Morgan fingerprint density at radius 3 is 2.82 bits per heavy atom. The first kappa shape index (κ1) is 14.9. The Labute approximate surface area is 107 Å². The molecule has 0 aliphatic carbocycles. The maximum absolute atomic E-state index is 5.51. The van der Waals surface area contributed by atoms with Crippen LogP contribution in [-0.4, -0.2) is 51.3 Å². The molecule has 1 rings (SSSR count). The SMILES string of the molecule is CC(C)CCNCCN(C)CC1CCCOC1. The maximum atomic E-state index is 5.51. The van der Waals surface area contributed by atoms with Gasteiger partial charge in [0.25, 0.3) is 0 Å². The van der Waals surface area contributed by atoms with Gasteiger partial charge in [-0.2, -0.15) is 0 Å². The number of likely N-dealkylation sites (N-methyl/N-ethyl adjacent to an activating group) is 1. The molecule has 0 aromatic heterocycles. The van der Waals surface area contributed by atoms with Gasteiger partial charge < -0.3 is 15.0 Å². The first-order valence-electron chi connectivity index (χ1n) is 7.15. The Hall–Kier alpha value is -0.120. The van der Waals surface area contributed by atoms with E-state index in [-0.39, 0.29) is 0 Å². The van der Waals surface area contributed by atoms with Gasteiger partial charge >= 0.3 is 0 Å². The van der Waals surface area contributed by atoms with Gasteiger partial charge in [-0.1, -0.05) is 13.8 Å². The molecule has 17 heavy (non-hydrogen) atoms. The van der Waals surface area contributed by atoms with E-state index in [0.29, 0.717) is 0 Å². The molecule has 3 heteroatoms. The van der Waals surface area contributed by atoms with Crippen LogP contribution >= 0.6 is 0 Å². The number of rotatable bonds is 8. The summed E-state index contributed by atoms with van der Waals surface area (Å²) in [6.07, 6.45) is 3.86. The summed E-state index contributed by atoms with van der Waals surface area (Å²) in [7, 11) is 2.22. The lowest BCUT2D eigenvalue weighted by Crippen LogP contribution is -2.35. The van der Waals surface area contributed by atoms with E-state index in [1.54, 1.807) is 0 Å². The van der Waals surface area contributed by atoms with Crippen molar-refractivity contribution in [1.29, 1.82) is 0 Å². The normalized spacial score (nSPS) is 21.4. The maximum Gasteiger partial charge on any atom is 0.0506 e. The summed E-state index contributed by atoms with van der Waals surface area (Å²) in [5, 5.41) is 3.51. The first-order chi connectivity index (χ1) is 8.18. The van der Waals surface area contributed by atoms with Crippen LogP contribution in [0.15, 0.2) is 0 Å². The van der Waals surface area contributed by atoms with Gasteiger partial charge in [-0.15, -0.1) is 0 Å². The van der Waals surface area contributed by atoms with Crippen LogP contribution in [0, 0.1) is 11.8 Å². The minimum atomic E-state index is 0.754. The van der Waals surface area contributed by atoms with Gasteiger partial charge in [-0.05, 0) is 44.7 Å². The summed E-state index contributed by atoms with van der Waals surface area (Å²) in [6, 6.07) is 0. The molecule has 102 valence electrons. The van der Waals surface area contributed by atoms with Crippen LogP contribution in [0.4, 0.5) is 0 Å². The molecule has 1 atom stereocenters. The van der Waals surface area contributed by atoms with Crippen molar-refractivity contribution in [2.24, 2.45) is 11.8 Å². The second-order valence-electron chi connectivity index (χ2n) is 5.78. The van der Waals surface area contributed by atoms with E-state index in [2.05, 4.69) is 31.1 Å². The summed E-state index contributed by atoms with van der Waals surface area (Å²) < 4.78 is 5.51. The molecule has 1 saturated heterocycles. The number of hydrogen-bond acceptors (Lipinski definition) is 3. The van der Waals surface area contributed by atoms with E-state index >= 15 is 0 Å². The number of nitrogens with one attached hydrogen (secondary N) is 1. The third-order valence-corrected chi connectivity index (χ3v) is 3.39. The molecule has 0 amide bonds. The quantitative estimate of drug-likeness (QED) is 0.659. The fourth-order valence-electron chi connectivity index (χ4n) is 2.27. The van der Waals surface area contributed by atoms with Gasteiger partial charge in [0.05, 0.1) is 6.61 Å². The number of ether oxygens (including phenoxy) is 1. The van der Waals surface area contributed by atoms with Crippen molar-refractivity contribution in [3.63, 3.8) is 0 Å². The van der Waals surface area contributed by atoms with Crippen molar-refractivity contribution < 1.29 is 4.74 Å². The van der Waals surface area contributed by atoms with Gasteiger partial charge in [0.2, 0.25) is 0 Å². The lowest BCUT2D eigenvalue weighted by Gasteiger charge is -2.27. The van der Waals surface area contributed by atoms with E-state index in [0.717, 1.165) is 44.7 Å². The number of hydrogen-bond donors (Lipinski definition) is 1. The molecule has 1 aliphatic heterocycles. The van der Waals surface area contributed by atoms with E-state index in [1.165, 1.54) is 25.8 Å². The minimum Gasteiger partial charge on any atom is -0.381 e. The lowest BCUT2D eigenvalue weighted by molar-refractivity contribution is 0.0422. The third kappa shape index (κ3) is 7.74. The zero-order valence-corrected chi connectivity index (χ0v) is 11.9. The predicted octanol–water partition coefficient (Wildman–Crippen LogP) is 1.98. The van der Waals surface area contributed by atoms with Crippen molar-refractivity contribution in [3.05, 3.63) is 0 Å². The van der Waals surface area contributed by atoms with Gasteiger partial charge in [0.1, 0.15) is 0 Å². The highest BCUT2D eigenvalue weighted by Gasteiger charge is 2.15. The molecule has 1 N–H and O–H groups in total. The van der Waals surface area contributed by atoms with Gasteiger partial charge in [-0.25, -0.2) is 0 Å². The summed E-state index contributed by atoms with van der Waals surface area (Å²) >= 11 is 0. The van der Waals surface area contributed by atoms with Crippen LogP contribution in [0.1, 0.15) is 33.1 Å². The average molecular weight is 242 g/mol. The zero-order chi connectivity index (χ0) is 12.5. The highest BCUT2D eigenvalue weighted by Crippen LogP contribution is 2.13. The standard InChI is InChI=1S/C14H30N2O/c1-13(2)6-7-15-8-9-16(3)11-14-5-4-10-17-12-14/h13-15H,4-12H2,1-3H3. The Bertz CT molecular complexity index is 179. The van der Waals surface area contributed by atoms with E-state index in [1.807, 2.05) is 0 Å². The average Bonchev–Trinajstić information content (AvgIpc) is 2.29. The monoisotopic (exact) mass is 242 g/mol. The molecule has 0 saturated carbocycles. The van der Waals surface area contributed by atoms with Crippen LogP contribution in [0.2, 0.25) is 0 Å². The van der Waals surface area contributed by atoms with Crippen molar-refractivity contribution in [3.8, 4) is 0 Å². The van der Waals surface area contributed by atoms with Crippen molar-refractivity contribution in [2.75, 3.05) is 46.4 Å². The van der Waals surface area contributed by atoms with Gasteiger partial charge in [-0.3, -0.25) is 0 Å². The highest BCUT2D eigenvalue weighted by molar-refractivity contribution is 4.67. The summed E-state index contributed by atoms with van der Waals surface area (Å²) in [6.45, 7) is 11.1. The largest absolute Gasteiger partial charge is 0.381 e. The molecule has 0 spiro atoms. The van der Waals surface area contributed by atoms with Crippen LogP contribution < -0.4 is 5.32 Å². The zero-order valence-electron chi connectivity index (χ0n) is 11.9. The molecule has 1 aliphatic rings. The molecule has 1 fully saturated rings. The molecule has 0 aromatic carbocycles. The topological polar surface area (TPSA) is 24.5 Å². The van der Waals surface area contributed by atoms with Gasteiger partial charge in [0, 0.05) is 26.2 Å². The third-order valence-electron chi connectivity index (χ3n) is 3.39. The van der Waals surface area contributed by atoms with Crippen LogP contribution in [-0.2, 0) is 4.74 Å². The second-order valence-corrected chi connectivity index (χ2v) is 5.78. The lowest BCUT2D eigenvalue weighted by atomic mass is 10.0. The fourth-order valence-corrected chi connectivity index (χ4v) is 2.27. The fraction of sp³-hybridized carbons (Fsp3) is 1.00. The Kier molecular flexibility index (Phi) is 7.82. The summed E-state index contributed by atoms with van der Waals surface area (Å²) in [5.41, 5.74) is 0. The Morgan fingerprint density at radius 2 is 2.18 bits per heavy atom. The summed E-state index contributed by atoms with van der Waals surface area (Å²) in [5.74, 6) is 1.56. The Balaban J connectivity index is 1.95. The molecular formula is C14H30N2O. The molecule has 3 nitrogen and oxygen atoms in total. The molecule has 0 bridgehead atoms. The van der Waals surface area contributed by atoms with Crippen LogP contribution in [0.3, 0.4) is 0 Å². The molecule has 1 heterocycles. The van der Waals surface area contributed by atoms with E-state index < -0.39 is 0 Å². The molecule has 0 radical (unpaired) electrons. The first-order valence-corrected chi connectivity index (χ1v) is 7.15. The number of nitrogens with zero attached hydrogens (tertiary/aromatic N) is 1. The van der Waals surface area contributed by atoms with E-state index in [9.17, 15) is 0 Å². The van der Waals surface area contributed by atoms with Crippen LogP contribution in [0.25, 0.3) is 0 Å².